The fraction of sp³-hybridized carbons (Fsp3) is 0.667. The van der Waals surface area contributed by atoms with Gasteiger partial charge in [0.15, 0.2) is 5.69 Å². The van der Waals surface area contributed by atoms with E-state index < -0.39 is 0 Å². The Morgan fingerprint density at radius 2 is 1.90 bits per heavy atom. The third kappa shape index (κ3) is 6.50. The molecule has 0 atom stereocenters. The second-order valence-corrected chi connectivity index (χ2v) is 5.41. The zero-order valence-corrected chi connectivity index (χ0v) is 12.8. The van der Waals surface area contributed by atoms with Crippen LogP contribution in [-0.4, -0.2) is 29.7 Å². The Morgan fingerprint density at radius 1 is 1.15 bits per heavy atom. The van der Waals surface area contributed by atoms with Gasteiger partial charge in [-0.15, -0.1) is 10.2 Å². The molecular formula is C15H26N4O. The van der Waals surface area contributed by atoms with Crippen molar-refractivity contribution in [3.05, 3.63) is 17.8 Å². The molecule has 0 radical (unpaired) electrons. The van der Waals surface area contributed by atoms with E-state index in [4.69, 9.17) is 0 Å². The SMILES string of the molecule is CNC(=O)c1ccc(NCCCCCCC(C)C)nn1. The van der Waals surface area contributed by atoms with Crippen LogP contribution in [0, 0.1) is 5.92 Å². The van der Waals surface area contributed by atoms with Gasteiger partial charge in [-0.05, 0) is 24.5 Å². The second kappa shape index (κ2) is 9.28. The van der Waals surface area contributed by atoms with Crippen LogP contribution >= 0.6 is 0 Å². The van der Waals surface area contributed by atoms with Gasteiger partial charge in [0.05, 0.1) is 0 Å². The van der Waals surface area contributed by atoms with E-state index in [9.17, 15) is 4.79 Å². The predicted molar refractivity (Wildman–Crippen MR) is 81.8 cm³/mol. The van der Waals surface area contributed by atoms with E-state index in [0.717, 1.165) is 24.7 Å². The van der Waals surface area contributed by atoms with E-state index in [1.54, 1.807) is 19.2 Å². The van der Waals surface area contributed by atoms with Crippen molar-refractivity contribution in [1.29, 1.82) is 0 Å². The van der Waals surface area contributed by atoms with Gasteiger partial charge in [0.2, 0.25) is 0 Å². The summed E-state index contributed by atoms with van der Waals surface area (Å²) in [6.45, 7) is 5.43. The molecule has 0 unspecified atom stereocenters. The zero-order valence-electron chi connectivity index (χ0n) is 12.8. The Hall–Kier alpha value is -1.65. The Balaban J connectivity index is 2.14. The molecule has 0 spiro atoms. The number of hydrogen-bond donors (Lipinski definition) is 2. The molecule has 0 saturated carbocycles. The monoisotopic (exact) mass is 278 g/mol. The molecule has 0 aliphatic rings. The van der Waals surface area contributed by atoms with Crippen LogP contribution in [0.4, 0.5) is 5.82 Å². The fourth-order valence-corrected chi connectivity index (χ4v) is 1.92. The Kier molecular flexibility index (Phi) is 7.62. The summed E-state index contributed by atoms with van der Waals surface area (Å²) in [5, 5.41) is 13.6. The van der Waals surface area contributed by atoms with Gasteiger partial charge in [-0.1, -0.05) is 39.5 Å². The van der Waals surface area contributed by atoms with Gasteiger partial charge in [0.1, 0.15) is 5.82 Å². The average Bonchev–Trinajstić information content (AvgIpc) is 2.45. The summed E-state index contributed by atoms with van der Waals surface area (Å²) in [5.74, 6) is 1.32. The molecule has 2 N–H and O–H groups in total. The Labute approximate surface area is 121 Å². The molecule has 0 bridgehead atoms. The molecule has 0 aromatic carbocycles. The lowest BCUT2D eigenvalue weighted by atomic mass is 10.0. The summed E-state index contributed by atoms with van der Waals surface area (Å²) in [7, 11) is 1.58. The summed E-state index contributed by atoms with van der Waals surface area (Å²) in [4.78, 5) is 11.3. The van der Waals surface area contributed by atoms with Crippen molar-refractivity contribution in [2.75, 3.05) is 18.9 Å². The van der Waals surface area contributed by atoms with Crippen LogP contribution in [0.1, 0.15) is 56.4 Å². The molecule has 20 heavy (non-hydrogen) atoms. The van der Waals surface area contributed by atoms with Crippen molar-refractivity contribution in [1.82, 2.24) is 15.5 Å². The molecule has 0 fully saturated rings. The third-order valence-electron chi connectivity index (χ3n) is 3.14. The Morgan fingerprint density at radius 3 is 2.50 bits per heavy atom. The molecule has 1 rings (SSSR count). The molecule has 1 amide bonds. The van der Waals surface area contributed by atoms with Crippen LogP contribution in [-0.2, 0) is 0 Å². The van der Waals surface area contributed by atoms with Gasteiger partial charge in [-0.3, -0.25) is 4.79 Å². The third-order valence-corrected chi connectivity index (χ3v) is 3.14. The first kappa shape index (κ1) is 16.4. The zero-order chi connectivity index (χ0) is 14.8. The summed E-state index contributed by atoms with van der Waals surface area (Å²) in [6.07, 6.45) is 6.31. The van der Waals surface area contributed by atoms with Gasteiger partial charge in [-0.2, -0.15) is 0 Å². The first-order chi connectivity index (χ1) is 9.63. The number of nitrogens with zero attached hydrogens (tertiary/aromatic N) is 2. The van der Waals surface area contributed by atoms with Crippen LogP contribution in [0.25, 0.3) is 0 Å². The van der Waals surface area contributed by atoms with Crippen LogP contribution in [0.2, 0.25) is 0 Å². The normalized spacial score (nSPS) is 10.6. The summed E-state index contributed by atoms with van der Waals surface area (Å²) in [5.41, 5.74) is 0.340. The van der Waals surface area contributed by atoms with E-state index in [1.807, 2.05) is 0 Å². The van der Waals surface area contributed by atoms with Crippen molar-refractivity contribution in [2.24, 2.45) is 5.92 Å². The summed E-state index contributed by atoms with van der Waals surface area (Å²) < 4.78 is 0. The fourth-order valence-electron chi connectivity index (χ4n) is 1.92. The highest BCUT2D eigenvalue weighted by molar-refractivity contribution is 5.91. The highest BCUT2D eigenvalue weighted by Gasteiger charge is 2.04. The van der Waals surface area contributed by atoms with E-state index in [0.29, 0.717) is 5.69 Å². The molecule has 0 aliphatic heterocycles. The lowest BCUT2D eigenvalue weighted by Gasteiger charge is -2.06. The van der Waals surface area contributed by atoms with Crippen molar-refractivity contribution < 1.29 is 4.79 Å². The number of hydrogen-bond acceptors (Lipinski definition) is 4. The number of nitrogens with one attached hydrogen (secondary N) is 2. The lowest BCUT2D eigenvalue weighted by molar-refractivity contribution is 0.0957. The molecule has 1 aromatic rings. The van der Waals surface area contributed by atoms with Gasteiger partial charge in [0, 0.05) is 13.6 Å². The molecule has 5 heteroatoms. The number of unbranched alkanes of at least 4 members (excludes halogenated alkanes) is 3. The number of carbonyl (C=O) groups is 1. The van der Waals surface area contributed by atoms with Crippen LogP contribution in [0.5, 0.6) is 0 Å². The molecule has 0 saturated heterocycles. The number of rotatable bonds is 9. The maximum Gasteiger partial charge on any atom is 0.271 e. The largest absolute Gasteiger partial charge is 0.369 e. The number of anilines is 1. The predicted octanol–water partition coefficient (Wildman–Crippen LogP) is 2.85. The minimum absolute atomic E-state index is 0.214. The van der Waals surface area contributed by atoms with E-state index in [1.165, 1.54) is 25.7 Å². The highest BCUT2D eigenvalue weighted by atomic mass is 16.1. The van der Waals surface area contributed by atoms with Crippen molar-refractivity contribution in [3.63, 3.8) is 0 Å². The maximum atomic E-state index is 11.3. The van der Waals surface area contributed by atoms with Crippen molar-refractivity contribution in [2.45, 2.75) is 46.0 Å². The first-order valence-corrected chi connectivity index (χ1v) is 7.43. The van der Waals surface area contributed by atoms with Crippen LogP contribution in [0.15, 0.2) is 12.1 Å². The van der Waals surface area contributed by atoms with Crippen LogP contribution < -0.4 is 10.6 Å². The second-order valence-electron chi connectivity index (χ2n) is 5.41. The van der Waals surface area contributed by atoms with Gasteiger partial charge < -0.3 is 10.6 Å². The van der Waals surface area contributed by atoms with Crippen molar-refractivity contribution in [3.8, 4) is 0 Å². The molecule has 112 valence electrons. The molecular weight excluding hydrogens is 252 g/mol. The molecule has 0 aliphatic carbocycles. The van der Waals surface area contributed by atoms with Crippen LogP contribution in [0.3, 0.4) is 0 Å². The lowest BCUT2D eigenvalue weighted by Crippen LogP contribution is -2.19. The maximum absolute atomic E-state index is 11.3. The number of carbonyl (C=O) groups excluding carboxylic acids is 1. The van der Waals surface area contributed by atoms with E-state index in [2.05, 4.69) is 34.7 Å². The smallest absolute Gasteiger partial charge is 0.271 e. The molecule has 1 aromatic heterocycles. The first-order valence-electron chi connectivity index (χ1n) is 7.43. The van der Waals surface area contributed by atoms with E-state index >= 15 is 0 Å². The average molecular weight is 278 g/mol. The highest BCUT2D eigenvalue weighted by Crippen LogP contribution is 2.09. The number of aromatic nitrogens is 2. The van der Waals surface area contributed by atoms with Crippen molar-refractivity contribution >= 4 is 11.7 Å². The molecule has 5 nitrogen and oxygen atoms in total. The quantitative estimate of drug-likeness (QED) is 0.682. The van der Waals surface area contributed by atoms with Gasteiger partial charge >= 0.3 is 0 Å². The molecule has 1 heterocycles. The Bertz CT molecular complexity index is 389. The number of amides is 1. The minimum Gasteiger partial charge on any atom is -0.369 e. The topological polar surface area (TPSA) is 66.9 Å². The van der Waals surface area contributed by atoms with Gasteiger partial charge in [0.25, 0.3) is 5.91 Å². The minimum atomic E-state index is -0.214. The van der Waals surface area contributed by atoms with Gasteiger partial charge in [-0.25, -0.2) is 0 Å². The summed E-state index contributed by atoms with van der Waals surface area (Å²) >= 11 is 0. The summed E-state index contributed by atoms with van der Waals surface area (Å²) in [6, 6.07) is 3.47. The van der Waals surface area contributed by atoms with E-state index in [-0.39, 0.29) is 5.91 Å². The standard InChI is InChI=1S/C15H26N4O/c1-12(2)8-6-4-5-7-11-17-14-10-9-13(18-19-14)15(20)16-3/h9-10,12H,4-8,11H2,1-3H3,(H,16,20)(H,17,19).